The Bertz CT molecular complexity index is 1030. The molecule has 0 amide bonds. The van der Waals surface area contributed by atoms with E-state index in [-0.39, 0.29) is 23.5 Å². The lowest BCUT2D eigenvalue weighted by molar-refractivity contribution is -0.157. The van der Waals surface area contributed by atoms with Crippen molar-refractivity contribution in [2.45, 2.75) is 77.2 Å². The first-order chi connectivity index (χ1) is 16.0. The number of carbonyl (C=O) groups is 2. The number of ether oxygens (including phenoxy) is 2. The summed E-state index contributed by atoms with van der Waals surface area (Å²) in [5.74, 6) is 2.09. The van der Waals surface area contributed by atoms with Crippen molar-refractivity contribution in [3.63, 3.8) is 0 Å². The summed E-state index contributed by atoms with van der Waals surface area (Å²) < 4.78 is 11.6. The maximum Gasteiger partial charge on any atom is 0.343 e. The van der Waals surface area contributed by atoms with Gasteiger partial charge in [0.05, 0.1) is 5.56 Å². The SMILES string of the molecule is CCCC(=O)O[C@@H]1CCC2C3CCc4cc(OC(=O)c5ccccc5)ccc4C3CC[C@@]21C. The third-order valence-electron chi connectivity index (χ3n) is 8.56. The van der Waals surface area contributed by atoms with Crippen LogP contribution in [-0.4, -0.2) is 18.0 Å². The van der Waals surface area contributed by atoms with Crippen LogP contribution in [0.15, 0.2) is 48.5 Å². The lowest BCUT2D eigenvalue weighted by atomic mass is 9.55. The Morgan fingerprint density at radius 3 is 2.64 bits per heavy atom. The Labute approximate surface area is 196 Å². The van der Waals surface area contributed by atoms with Gasteiger partial charge in [-0.2, -0.15) is 0 Å². The first-order valence-corrected chi connectivity index (χ1v) is 12.6. The minimum absolute atomic E-state index is 0.0296. The maximum absolute atomic E-state index is 12.5. The minimum Gasteiger partial charge on any atom is -0.462 e. The zero-order valence-corrected chi connectivity index (χ0v) is 19.7. The number of hydrogen-bond donors (Lipinski definition) is 0. The molecule has 0 aromatic heterocycles. The van der Waals surface area contributed by atoms with Gasteiger partial charge in [-0.1, -0.05) is 38.1 Å². The van der Waals surface area contributed by atoms with Crippen molar-refractivity contribution in [2.24, 2.45) is 17.3 Å². The average Bonchev–Trinajstić information content (AvgIpc) is 3.15. The molecule has 2 aromatic carbocycles. The molecule has 0 spiro atoms. The van der Waals surface area contributed by atoms with E-state index in [0.717, 1.165) is 44.9 Å². The second kappa shape index (κ2) is 8.96. The summed E-state index contributed by atoms with van der Waals surface area (Å²) >= 11 is 0. The van der Waals surface area contributed by atoms with Crippen molar-refractivity contribution in [1.29, 1.82) is 0 Å². The number of carbonyl (C=O) groups excluding carboxylic acids is 2. The Morgan fingerprint density at radius 2 is 1.85 bits per heavy atom. The topological polar surface area (TPSA) is 52.6 Å². The van der Waals surface area contributed by atoms with Crippen molar-refractivity contribution in [1.82, 2.24) is 0 Å². The monoisotopic (exact) mass is 446 g/mol. The molecule has 3 aliphatic carbocycles. The van der Waals surface area contributed by atoms with E-state index in [1.54, 1.807) is 12.1 Å². The quantitative estimate of drug-likeness (QED) is 0.390. The van der Waals surface area contributed by atoms with Crippen molar-refractivity contribution >= 4 is 11.9 Å². The van der Waals surface area contributed by atoms with Crippen LogP contribution in [-0.2, 0) is 16.0 Å². The molecule has 2 aromatic rings. The van der Waals surface area contributed by atoms with Gasteiger partial charge < -0.3 is 9.47 Å². The molecule has 0 bridgehead atoms. The number of benzene rings is 2. The van der Waals surface area contributed by atoms with Gasteiger partial charge in [-0.25, -0.2) is 4.79 Å². The van der Waals surface area contributed by atoms with Gasteiger partial charge in [0.2, 0.25) is 0 Å². The van der Waals surface area contributed by atoms with Crippen LogP contribution in [0.4, 0.5) is 0 Å². The highest BCUT2D eigenvalue weighted by Crippen LogP contribution is 2.61. The number of aryl methyl sites for hydroxylation is 1. The van der Waals surface area contributed by atoms with Gasteiger partial charge in [0.15, 0.2) is 0 Å². The van der Waals surface area contributed by atoms with Crippen molar-refractivity contribution in [2.75, 3.05) is 0 Å². The predicted molar refractivity (Wildman–Crippen MR) is 127 cm³/mol. The van der Waals surface area contributed by atoms with Crippen molar-refractivity contribution in [3.8, 4) is 5.75 Å². The molecule has 5 rings (SSSR count). The third-order valence-corrected chi connectivity index (χ3v) is 8.56. The number of esters is 2. The normalized spacial score (nSPS) is 30.0. The highest BCUT2D eigenvalue weighted by molar-refractivity contribution is 5.91. The van der Waals surface area contributed by atoms with E-state index in [1.807, 2.05) is 31.2 Å². The van der Waals surface area contributed by atoms with Gasteiger partial charge in [0, 0.05) is 11.8 Å². The standard InChI is InChI=1S/C29H34O4/c1-3-7-27(30)33-26-15-14-25-24-12-10-20-18-21(32-28(31)19-8-5-4-6-9-19)11-13-22(20)23(24)16-17-29(25,26)2/h4-6,8-9,11,13,18,23-26H,3,7,10,12,14-17H2,1-2H3/t23?,24?,25?,26-,29+/m1/s1. The van der Waals surface area contributed by atoms with Crippen LogP contribution in [0, 0.1) is 17.3 Å². The molecule has 2 fully saturated rings. The van der Waals surface area contributed by atoms with Gasteiger partial charge in [-0.05, 0) is 98.1 Å². The smallest absolute Gasteiger partial charge is 0.343 e. The van der Waals surface area contributed by atoms with Crippen LogP contribution in [0.5, 0.6) is 5.75 Å². The van der Waals surface area contributed by atoms with Crippen molar-refractivity contribution < 1.29 is 19.1 Å². The summed E-state index contributed by atoms with van der Waals surface area (Å²) in [6, 6.07) is 15.4. The van der Waals surface area contributed by atoms with E-state index < -0.39 is 0 Å². The molecule has 0 aliphatic heterocycles. The van der Waals surface area contributed by atoms with Gasteiger partial charge in [-0.3, -0.25) is 4.79 Å². The van der Waals surface area contributed by atoms with E-state index in [9.17, 15) is 9.59 Å². The van der Waals surface area contributed by atoms with Gasteiger partial charge >= 0.3 is 11.9 Å². The number of fused-ring (bicyclic) bond motifs is 5. The largest absolute Gasteiger partial charge is 0.462 e. The second-order valence-electron chi connectivity index (χ2n) is 10.4. The van der Waals surface area contributed by atoms with E-state index >= 15 is 0 Å². The third kappa shape index (κ3) is 4.09. The first-order valence-electron chi connectivity index (χ1n) is 12.6. The van der Waals surface area contributed by atoms with E-state index in [2.05, 4.69) is 19.1 Å². The minimum atomic E-state index is -0.313. The molecule has 174 valence electrons. The van der Waals surface area contributed by atoms with Crippen LogP contribution < -0.4 is 4.74 Å². The predicted octanol–water partition coefficient (Wildman–Crippen LogP) is 6.47. The molecule has 33 heavy (non-hydrogen) atoms. The highest BCUT2D eigenvalue weighted by atomic mass is 16.5. The first kappa shape index (κ1) is 22.2. The molecule has 0 radical (unpaired) electrons. The van der Waals surface area contributed by atoms with Gasteiger partial charge in [0.25, 0.3) is 0 Å². The summed E-state index contributed by atoms with van der Waals surface area (Å²) in [6.07, 6.45) is 8.00. The molecular formula is C29H34O4. The zero-order chi connectivity index (χ0) is 23.0. The fraction of sp³-hybridized carbons (Fsp3) is 0.517. The lowest BCUT2D eigenvalue weighted by Gasteiger charge is -2.50. The Morgan fingerprint density at radius 1 is 1.03 bits per heavy atom. The average molecular weight is 447 g/mol. The van der Waals surface area contributed by atoms with Gasteiger partial charge in [0.1, 0.15) is 11.9 Å². The molecule has 4 nitrogen and oxygen atoms in total. The summed E-state index contributed by atoms with van der Waals surface area (Å²) in [4.78, 5) is 24.7. The summed E-state index contributed by atoms with van der Waals surface area (Å²) in [5, 5.41) is 0. The van der Waals surface area contributed by atoms with Crippen LogP contribution in [0.3, 0.4) is 0 Å². The molecule has 3 unspecified atom stereocenters. The number of hydrogen-bond acceptors (Lipinski definition) is 4. The Kier molecular flexibility index (Phi) is 6.03. The number of rotatable bonds is 5. The summed E-state index contributed by atoms with van der Waals surface area (Å²) in [6.45, 7) is 4.39. The zero-order valence-electron chi connectivity index (χ0n) is 19.7. The molecule has 0 saturated heterocycles. The van der Waals surface area contributed by atoms with Crippen LogP contribution in [0.2, 0.25) is 0 Å². The van der Waals surface area contributed by atoms with Crippen LogP contribution >= 0.6 is 0 Å². The van der Waals surface area contributed by atoms with E-state index in [0.29, 0.717) is 35.5 Å². The maximum atomic E-state index is 12.5. The fourth-order valence-electron chi connectivity index (χ4n) is 6.93. The van der Waals surface area contributed by atoms with E-state index in [4.69, 9.17) is 9.47 Å². The summed E-state index contributed by atoms with van der Waals surface area (Å²) in [7, 11) is 0. The molecule has 5 atom stereocenters. The Balaban J connectivity index is 1.31. The van der Waals surface area contributed by atoms with Gasteiger partial charge in [-0.15, -0.1) is 0 Å². The van der Waals surface area contributed by atoms with Crippen molar-refractivity contribution in [3.05, 3.63) is 65.2 Å². The molecular weight excluding hydrogens is 412 g/mol. The van der Waals surface area contributed by atoms with Crippen LogP contribution in [0.25, 0.3) is 0 Å². The summed E-state index contributed by atoms with van der Waals surface area (Å²) in [5.41, 5.74) is 3.42. The van der Waals surface area contributed by atoms with E-state index in [1.165, 1.54) is 11.1 Å². The molecule has 0 heterocycles. The molecule has 3 aliphatic rings. The van der Waals surface area contributed by atoms with Crippen LogP contribution in [0.1, 0.15) is 86.2 Å². The molecule has 4 heteroatoms. The molecule has 0 N–H and O–H groups in total. The fourth-order valence-corrected chi connectivity index (χ4v) is 6.93. The lowest BCUT2D eigenvalue weighted by Crippen LogP contribution is -2.45. The Hall–Kier alpha value is -2.62. The highest BCUT2D eigenvalue weighted by Gasteiger charge is 2.56. The molecule has 2 saturated carbocycles. The second-order valence-corrected chi connectivity index (χ2v) is 10.4.